The fourth-order valence-corrected chi connectivity index (χ4v) is 1.09. The highest BCUT2D eigenvalue weighted by molar-refractivity contribution is 5.77. The van der Waals surface area contributed by atoms with Gasteiger partial charge < -0.3 is 0 Å². The van der Waals surface area contributed by atoms with Gasteiger partial charge in [-0.25, -0.2) is 14.3 Å². The first kappa shape index (κ1) is 14.4. The monoisotopic (exact) mass is 269 g/mol. The number of hydrogen-bond acceptors (Lipinski definition) is 2. The Morgan fingerprint density at radius 3 is 2.56 bits per heavy atom. The number of nitrogens with one attached hydrogen (secondary N) is 1. The third-order valence-corrected chi connectivity index (χ3v) is 1.80. The van der Waals surface area contributed by atoms with E-state index < -0.39 is 36.7 Å². The summed E-state index contributed by atoms with van der Waals surface area (Å²) in [5.41, 5.74) is 1.21. The molecule has 0 aromatic heterocycles. The lowest BCUT2D eigenvalue weighted by molar-refractivity contribution is -0.191. The summed E-state index contributed by atoms with van der Waals surface area (Å²) < 4.78 is 60.8. The molecule has 1 amide bonds. The molecule has 0 aliphatic heterocycles. The quantitative estimate of drug-likeness (QED) is 0.671. The predicted octanol–water partition coefficient (Wildman–Crippen LogP) is 2.12. The third-order valence-electron chi connectivity index (χ3n) is 1.80. The first-order valence-electron chi connectivity index (χ1n) is 4.70. The van der Waals surface area contributed by atoms with Gasteiger partial charge in [0.05, 0.1) is 6.42 Å². The minimum atomic E-state index is -4.59. The van der Waals surface area contributed by atoms with Crippen LogP contribution in [-0.4, -0.2) is 18.7 Å². The number of benzene rings is 1. The first-order chi connectivity index (χ1) is 8.29. The van der Waals surface area contributed by atoms with Crippen LogP contribution in [0.5, 0.6) is 0 Å². The van der Waals surface area contributed by atoms with Crippen molar-refractivity contribution in [2.45, 2.75) is 12.6 Å². The molecule has 100 valence electrons. The van der Waals surface area contributed by atoms with Crippen LogP contribution in [0.2, 0.25) is 0 Å². The van der Waals surface area contributed by atoms with Gasteiger partial charge in [0.25, 0.3) is 0 Å². The van der Waals surface area contributed by atoms with E-state index in [-0.39, 0.29) is 5.56 Å². The minimum absolute atomic E-state index is 0.275. The maximum atomic E-state index is 13.1. The second-order valence-corrected chi connectivity index (χ2v) is 3.32. The molecular weight excluding hydrogens is 261 g/mol. The van der Waals surface area contributed by atoms with Crippen molar-refractivity contribution in [3.8, 4) is 0 Å². The minimum Gasteiger partial charge on any atom is -0.272 e. The van der Waals surface area contributed by atoms with Crippen molar-refractivity contribution in [3.05, 3.63) is 35.4 Å². The van der Waals surface area contributed by atoms with Crippen LogP contribution in [0.3, 0.4) is 0 Å². The van der Waals surface area contributed by atoms with Crippen LogP contribution in [0.4, 0.5) is 22.0 Å². The largest absolute Gasteiger partial charge is 0.414 e. The SMILES string of the molecule is O=C(Cc1cccc(F)c1F)NOCC(F)(F)F. The van der Waals surface area contributed by atoms with Crippen LogP contribution in [0.15, 0.2) is 18.2 Å². The Labute approximate surface area is 98.5 Å². The van der Waals surface area contributed by atoms with E-state index in [2.05, 4.69) is 4.84 Å². The molecule has 1 N–H and O–H groups in total. The molecule has 8 heteroatoms. The Balaban J connectivity index is 2.48. The maximum Gasteiger partial charge on any atom is 0.414 e. The van der Waals surface area contributed by atoms with Crippen molar-refractivity contribution in [2.75, 3.05) is 6.61 Å². The summed E-state index contributed by atoms with van der Waals surface area (Å²) in [5, 5.41) is 0. The second-order valence-electron chi connectivity index (χ2n) is 3.32. The number of halogens is 5. The Hall–Kier alpha value is -1.70. The number of carbonyl (C=O) groups excluding carboxylic acids is 1. The van der Waals surface area contributed by atoms with Crippen LogP contribution in [0.25, 0.3) is 0 Å². The normalized spacial score (nSPS) is 11.4. The average molecular weight is 269 g/mol. The highest BCUT2D eigenvalue weighted by Crippen LogP contribution is 2.14. The number of carbonyl (C=O) groups is 1. The molecular formula is C10H8F5NO2. The Kier molecular flexibility index (Phi) is 4.60. The van der Waals surface area contributed by atoms with Gasteiger partial charge in [0.15, 0.2) is 18.2 Å². The smallest absolute Gasteiger partial charge is 0.272 e. The zero-order valence-electron chi connectivity index (χ0n) is 8.85. The maximum absolute atomic E-state index is 13.1. The van der Waals surface area contributed by atoms with Crippen molar-refractivity contribution in [1.29, 1.82) is 0 Å². The molecule has 1 rings (SSSR count). The topological polar surface area (TPSA) is 38.3 Å². The molecule has 0 heterocycles. The molecule has 0 aliphatic rings. The zero-order valence-corrected chi connectivity index (χ0v) is 8.85. The van der Waals surface area contributed by atoms with Crippen molar-refractivity contribution >= 4 is 5.91 Å². The van der Waals surface area contributed by atoms with Gasteiger partial charge in [0, 0.05) is 5.56 Å². The van der Waals surface area contributed by atoms with E-state index >= 15 is 0 Å². The fourth-order valence-electron chi connectivity index (χ4n) is 1.09. The molecule has 0 radical (unpaired) electrons. The molecule has 0 saturated heterocycles. The lowest BCUT2D eigenvalue weighted by Crippen LogP contribution is -2.30. The van der Waals surface area contributed by atoms with E-state index in [9.17, 15) is 26.7 Å². The predicted molar refractivity (Wildman–Crippen MR) is 50.2 cm³/mol. The van der Waals surface area contributed by atoms with Gasteiger partial charge in [-0.15, -0.1) is 0 Å². The summed E-state index contributed by atoms with van der Waals surface area (Å²) in [6.07, 6.45) is -5.21. The van der Waals surface area contributed by atoms with Crippen LogP contribution in [-0.2, 0) is 16.1 Å². The highest BCUT2D eigenvalue weighted by atomic mass is 19.4. The molecule has 0 spiro atoms. The van der Waals surface area contributed by atoms with Gasteiger partial charge in [-0.2, -0.15) is 13.2 Å². The fraction of sp³-hybridized carbons (Fsp3) is 0.300. The standard InChI is InChI=1S/C10H8F5NO2/c11-7-3-1-2-6(9(7)12)4-8(17)16-18-5-10(13,14)15/h1-3H,4-5H2,(H,16,17). The average Bonchev–Trinajstić information content (AvgIpc) is 2.23. The summed E-state index contributed by atoms with van der Waals surface area (Å²) in [6.45, 7) is -1.66. The van der Waals surface area contributed by atoms with E-state index in [1.54, 1.807) is 0 Å². The molecule has 0 unspecified atom stereocenters. The number of alkyl halides is 3. The van der Waals surface area contributed by atoms with Gasteiger partial charge in [-0.05, 0) is 6.07 Å². The summed E-state index contributed by atoms with van der Waals surface area (Å²) in [7, 11) is 0. The van der Waals surface area contributed by atoms with E-state index in [0.717, 1.165) is 12.1 Å². The van der Waals surface area contributed by atoms with Gasteiger partial charge in [-0.3, -0.25) is 9.63 Å². The van der Waals surface area contributed by atoms with Crippen molar-refractivity contribution < 1.29 is 31.6 Å². The molecule has 0 saturated carbocycles. The summed E-state index contributed by atoms with van der Waals surface area (Å²) in [4.78, 5) is 14.9. The summed E-state index contributed by atoms with van der Waals surface area (Å²) in [6, 6.07) is 3.18. The molecule has 3 nitrogen and oxygen atoms in total. The lowest BCUT2D eigenvalue weighted by atomic mass is 10.1. The number of hydrogen-bond donors (Lipinski definition) is 1. The van der Waals surface area contributed by atoms with Crippen molar-refractivity contribution in [1.82, 2.24) is 5.48 Å². The van der Waals surface area contributed by atoms with Gasteiger partial charge >= 0.3 is 6.18 Å². The lowest BCUT2D eigenvalue weighted by Gasteiger charge is -2.08. The number of amides is 1. The molecule has 0 aliphatic carbocycles. The van der Waals surface area contributed by atoms with E-state index in [1.807, 2.05) is 0 Å². The van der Waals surface area contributed by atoms with E-state index in [0.29, 0.717) is 0 Å². The van der Waals surface area contributed by atoms with Crippen LogP contribution >= 0.6 is 0 Å². The first-order valence-corrected chi connectivity index (χ1v) is 4.70. The molecule has 1 aromatic carbocycles. The second kappa shape index (κ2) is 5.76. The van der Waals surface area contributed by atoms with Crippen LogP contribution in [0.1, 0.15) is 5.56 Å². The Morgan fingerprint density at radius 2 is 1.94 bits per heavy atom. The van der Waals surface area contributed by atoms with Gasteiger partial charge in [0.2, 0.25) is 5.91 Å². The van der Waals surface area contributed by atoms with Crippen molar-refractivity contribution in [2.24, 2.45) is 0 Å². The van der Waals surface area contributed by atoms with E-state index in [1.165, 1.54) is 11.5 Å². The molecule has 0 bridgehead atoms. The summed E-state index contributed by atoms with van der Waals surface area (Å²) >= 11 is 0. The van der Waals surface area contributed by atoms with E-state index in [4.69, 9.17) is 0 Å². The molecule has 0 fully saturated rings. The Morgan fingerprint density at radius 1 is 1.28 bits per heavy atom. The third kappa shape index (κ3) is 4.66. The zero-order chi connectivity index (χ0) is 13.8. The molecule has 0 atom stereocenters. The number of hydroxylamine groups is 1. The van der Waals surface area contributed by atoms with Crippen LogP contribution in [0, 0.1) is 11.6 Å². The van der Waals surface area contributed by atoms with Gasteiger partial charge in [0.1, 0.15) is 0 Å². The van der Waals surface area contributed by atoms with Gasteiger partial charge in [-0.1, -0.05) is 12.1 Å². The van der Waals surface area contributed by atoms with Crippen molar-refractivity contribution in [3.63, 3.8) is 0 Å². The molecule has 18 heavy (non-hydrogen) atoms. The Bertz CT molecular complexity index is 433. The highest BCUT2D eigenvalue weighted by Gasteiger charge is 2.28. The van der Waals surface area contributed by atoms with Crippen LogP contribution < -0.4 is 5.48 Å². The number of rotatable bonds is 4. The summed E-state index contributed by atoms with van der Waals surface area (Å²) in [5.74, 6) is -3.37. The molecule has 1 aromatic rings.